The van der Waals surface area contributed by atoms with Crippen molar-refractivity contribution in [2.75, 3.05) is 42.3 Å². The number of hydrogen-bond donors (Lipinski definition) is 1. The molecule has 0 bridgehead atoms. The van der Waals surface area contributed by atoms with Gasteiger partial charge in [-0.05, 0) is 161 Å². The van der Waals surface area contributed by atoms with Crippen LogP contribution >= 0.6 is 11.6 Å². The van der Waals surface area contributed by atoms with Crippen molar-refractivity contribution in [2.24, 2.45) is 0 Å². The lowest BCUT2D eigenvalue weighted by Crippen LogP contribution is -2.41. The van der Waals surface area contributed by atoms with Crippen LogP contribution in [0.5, 0.6) is 0 Å². The van der Waals surface area contributed by atoms with Crippen LogP contribution < -0.4 is 19.4 Å². The Morgan fingerprint density at radius 2 is 1.07 bits per heavy atom. The lowest BCUT2D eigenvalue weighted by Gasteiger charge is -2.32. The number of anilines is 2. The minimum absolute atomic E-state index is 0.167. The first-order chi connectivity index (χ1) is 46.4. The molecule has 3 aliphatic heterocycles. The third-order valence-corrected chi connectivity index (χ3v) is 21.3. The Kier molecular flexibility index (Phi) is 17.0. The number of amides is 1. The van der Waals surface area contributed by atoms with Gasteiger partial charge in [-0.25, -0.2) is 53.4 Å². The molecule has 11 heterocycles. The van der Waals surface area contributed by atoms with Crippen LogP contribution in [0.15, 0.2) is 146 Å². The van der Waals surface area contributed by atoms with Crippen molar-refractivity contribution in [3.8, 4) is 56.5 Å². The van der Waals surface area contributed by atoms with Crippen LogP contribution in [-0.4, -0.2) is 119 Å². The molecule has 19 nitrogen and oxygen atoms in total. The summed E-state index contributed by atoms with van der Waals surface area (Å²) in [7, 11) is -3.89. The fourth-order valence-corrected chi connectivity index (χ4v) is 13.8. The molecule has 1 saturated heterocycles. The fourth-order valence-electron chi connectivity index (χ4n) is 12.6. The summed E-state index contributed by atoms with van der Waals surface area (Å²) in [6, 6.07) is 36.2. The number of rotatable bonds is 11. The van der Waals surface area contributed by atoms with E-state index in [2.05, 4.69) is 25.1 Å². The molecule has 502 valence electrons. The topological polar surface area (TPSA) is 210 Å². The molecule has 0 saturated carbocycles. The third-order valence-electron chi connectivity index (χ3n) is 18.7. The molecule has 0 radical (unpaired) electrons. The monoisotopic (exact) mass is 1390 g/mol. The Hall–Kier alpha value is -9.73. The number of carbonyl (C=O) groups excluding carboxylic acids is 2. The van der Waals surface area contributed by atoms with Crippen molar-refractivity contribution < 1.29 is 53.3 Å². The summed E-state index contributed by atoms with van der Waals surface area (Å²) in [6.45, 7) is 10.9. The van der Waals surface area contributed by atoms with Crippen molar-refractivity contribution in [1.82, 2.24) is 43.6 Å². The number of aryl methyl sites for hydroxylation is 4. The zero-order valence-corrected chi connectivity index (χ0v) is 57.3. The average Bonchev–Trinajstić information content (AvgIpc) is 1.57. The second-order valence-electron chi connectivity index (χ2n) is 25.3. The molecule has 3 aliphatic rings. The quantitative estimate of drug-likeness (QED) is 0.0555. The van der Waals surface area contributed by atoms with Crippen LogP contribution in [0.3, 0.4) is 0 Å². The molecule has 4 aromatic carbocycles. The summed E-state index contributed by atoms with van der Waals surface area (Å²) in [6.07, 6.45) is 7.08. The highest BCUT2D eigenvalue weighted by atomic mass is 35.5. The van der Waals surface area contributed by atoms with Gasteiger partial charge in [-0.2, -0.15) is 10.2 Å². The van der Waals surface area contributed by atoms with Crippen molar-refractivity contribution >= 4 is 100 Å². The van der Waals surface area contributed by atoms with Crippen LogP contribution in [0.2, 0.25) is 5.15 Å². The first-order valence-corrected chi connectivity index (χ1v) is 35.4. The molecule has 1 N–H and O–H groups in total. The number of aromatic nitrogens is 8. The molecule has 15 rings (SSSR count). The van der Waals surface area contributed by atoms with Gasteiger partial charge in [0.2, 0.25) is 20.0 Å². The van der Waals surface area contributed by atoms with Gasteiger partial charge in [-0.15, -0.1) is 0 Å². The predicted molar refractivity (Wildman–Crippen MR) is 373 cm³/mol. The fraction of sp³-hybridized carbons (Fsp3) is 0.239. The largest absolute Gasteiger partial charge is 0.497 e. The lowest BCUT2D eigenvalue weighted by molar-refractivity contribution is 0.00578. The van der Waals surface area contributed by atoms with Gasteiger partial charge in [0.05, 0.1) is 109 Å². The van der Waals surface area contributed by atoms with Crippen LogP contribution in [0.4, 0.5) is 28.9 Å². The minimum atomic E-state index is -3.71. The Morgan fingerprint density at radius 1 is 0.602 bits per heavy atom. The van der Waals surface area contributed by atoms with Gasteiger partial charge in [-0.3, -0.25) is 18.2 Å². The number of Topliss-reactive ketones (excluding diaryl/α,β-unsaturated/α-hetero) is 1. The first kappa shape index (κ1) is 66.9. The normalized spacial score (nSPS) is 14.5. The van der Waals surface area contributed by atoms with Gasteiger partial charge in [0.1, 0.15) is 39.8 Å². The summed E-state index contributed by atoms with van der Waals surface area (Å²) in [5.74, 6) is -1.90. The molecular formula is C71H65BClF4N11O8S2. The molecule has 0 aliphatic carbocycles. The van der Waals surface area contributed by atoms with Crippen molar-refractivity contribution in [2.45, 2.75) is 78.2 Å². The van der Waals surface area contributed by atoms with E-state index in [1.807, 2.05) is 68.7 Å². The molecule has 1 fully saturated rings. The van der Waals surface area contributed by atoms with E-state index in [4.69, 9.17) is 25.9 Å². The summed E-state index contributed by atoms with van der Waals surface area (Å²) in [5.41, 5.74) is 11.0. The maximum atomic E-state index is 14.7. The van der Waals surface area contributed by atoms with Gasteiger partial charge >= 0.3 is 7.12 Å². The van der Waals surface area contributed by atoms with Gasteiger partial charge in [0, 0.05) is 73.6 Å². The van der Waals surface area contributed by atoms with Crippen LogP contribution in [0, 0.1) is 23.3 Å². The van der Waals surface area contributed by atoms with E-state index in [0.29, 0.717) is 96.1 Å². The smallest absolute Gasteiger partial charge is 0.399 e. The average molecular weight is 1390 g/mol. The molecule has 0 unspecified atom stereocenters. The third kappa shape index (κ3) is 11.9. The van der Waals surface area contributed by atoms with Gasteiger partial charge in [0.25, 0.3) is 5.91 Å². The standard InChI is InChI=1S/C33H27F2N5O3S.C23H28BFN4O5S.C15H10ClFN2/c1-4-30(41)31-27-17-23(29(38(2)44(3,42)43)18-40(27)37-33(31)19-8-11-21(34)12-9-19)25-13-10-20-14-15-39-26-7-5-6-24(35)22(26)16-28(39)32(20)36-25;1-22(2)23(3,4)34-24(33-22)16-12-17-19(21(30)26-5)20(14-8-10-15(25)11-9-14)27-29(17)13-18(16)28(6)35(7,31)32;16-14-5-4-9-6-7-19-12-3-1-2-11(17)10(12)8-13(19)15(9)18-14/h5-13,16-18H,4,14-15H2,1-3H3;8-13H,1-7H3,(H,26,30);1-5,8H,6-7H2. The number of ketones is 1. The van der Waals surface area contributed by atoms with E-state index in [1.54, 1.807) is 61.7 Å². The number of sulfonamides is 2. The SMILES string of the molecule is CCC(=O)c1c(-c2ccc(F)cc2)nn2cc(N(C)S(C)(=O)=O)c(-c3ccc4c(n3)-c3cc5c(F)cccc5n3CC4)cc12.CNC(=O)c1c(-c2ccc(F)cc2)nn2cc(N(C)S(C)(=O)=O)c(B3OC(C)(C)C(C)(C)O3)cc12.Fc1cccc2c1cc1n2CCc2ccc(Cl)nc2-1. The van der Waals surface area contributed by atoms with E-state index in [9.17, 15) is 44.0 Å². The number of nitrogens with one attached hydrogen (secondary N) is 1. The van der Waals surface area contributed by atoms with Crippen LogP contribution in [0.1, 0.15) is 72.9 Å². The van der Waals surface area contributed by atoms with Crippen molar-refractivity contribution in [3.05, 3.63) is 197 Å². The number of nitrogens with zero attached hydrogens (tertiary/aromatic N) is 10. The second kappa shape index (κ2) is 25.0. The van der Waals surface area contributed by atoms with Crippen LogP contribution in [0.25, 0.3) is 89.4 Å². The number of halogens is 5. The highest BCUT2D eigenvalue weighted by Crippen LogP contribution is 2.42. The van der Waals surface area contributed by atoms with Gasteiger partial charge < -0.3 is 23.8 Å². The van der Waals surface area contributed by atoms with E-state index in [0.717, 1.165) is 67.8 Å². The minimum Gasteiger partial charge on any atom is -0.399 e. The molecular weight excluding hydrogens is 1320 g/mol. The Morgan fingerprint density at radius 3 is 1.57 bits per heavy atom. The molecule has 27 heteroatoms. The lowest BCUT2D eigenvalue weighted by atomic mass is 9.78. The van der Waals surface area contributed by atoms with E-state index in [-0.39, 0.29) is 35.1 Å². The number of fused-ring (bicyclic) bond motifs is 12. The Balaban J connectivity index is 0.000000142. The molecule has 1 amide bonds. The first-order valence-electron chi connectivity index (χ1n) is 31.3. The highest BCUT2D eigenvalue weighted by Gasteiger charge is 2.53. The van der Waals surface area contributed by atoms with Gasteiger partial charge in [0.15, 0.2) is 5.78 Å². The maximum absolute atomic E-state index is 14.7. The zero-order valence-electron chi connectivity index (χ0n) is 54.9. The molecule has 8 aromatic heterocycles. The zero-order chi connectivity index (χ0) is 69.8. The van der Waals surface area contributed by atoms with E-state index >= 15 is 0 Å². The van der Waals surface area contributed by atoms with Gasteiger partial charge in [-0.1, -0.05) is 42.8 Å². The summed E-state index contributed by atoms with van der Waals surface area (Å²) in [4.78, 5) is 35.7. The number of benzene rings is 4. The molecule has 98 heavy (non-hydrogen) atoms. The summed E-state index contributed by atoms with van der Waals surface area (Å²) in [5, 5.41) is 13.5. The van der Waals surface area contributed by atoms with E-state index in [1.165, 1.54) is 90.5 Å². The molecule has 12 aromatic rings. The highest BCUT2D eigenvalue weighted by molar-refractivity contribution is 7.92. The molecule has 0 spiro atoms. The predicted octanol–water partition coefficient (Wildman–Crippen LogP) is 12.8. The number of pyridine rings is 4. The number of hydrogen-bond acceptors (Lipinski definition) is 12. The van der Waals surface area contributed by atoms with Crippen molar-refractivity contribution in [3.63, 3.8) is 0 Å². The maximum Gasteiger partial charge on any atom is 0.497 e. The Bertz CT molecular complexity index is 5490. The summed E-state index contributed by atoms with van der Waals surface area (Å²) < 4.78 is 128. The van der Waals surface area contributed by atoms with Crippen LogP contribution in [-0.2, 0) is 55.3 Å². The van der Waals surface area contributed by atoms with Crippen molar-refractivity contribution in [1.29, 1.82) is 0 Å². The Labute approximate surface area is 567 Å². The molecule has 0 atom stereocenters. The second-order valence-corrected chi connectivity index (χ2v) is 29.7. The van der Waals surface area contributed by atoms with E-state index < -0.39 is 55.9 Å². The summed E-state index contributed by atoms with van der Waals surface area (Å²) >= 11 is 5.98. The number of carbonyl (C=O) groups is 2.